The molecule has 0 aromatic rings. The number of hydrogen-bond donors (Lipinski definition) is 0. The molecule has 4 heteroatoms. The molecule has 3 nitrogen and oxygen atoms in total. The number of nitrogens with zero attached hydrogens (tertiary/aromatic N) is 1. The van der Waals surface area contributed by atoms with Crippen molar-refractivity contribution >= 4 is 17.5 Å². The van der Waals surface area contributed by atoms with Gasteiger partial charge in [0.1, 0.15) is 5.38 Å². The number of carbonyl (C=O) groups excluding carboxylic acids is 1. The number of fused-ring (bicyclic) bond motifs is 1. The average Bonchev–Trinajstić information content (AvgIpc) is 2.59. The summed E-state index contributed by atoms with van der Waals surface area (Å²) >= 11 is 6.10. The number of rotatable bonds is 2. The number of carbonyl (C=O) groups is 1. The molecule has 2 rings (SSSR count). The Labute approximate surface area is 108 Å². The van der Waals surface area contributed by atoms with Crippen molar-refractivity contribution in [2.75, 3.05) is 19.8 Å². The molecule has 0 spiro atoms. The Kier molecular flexibility index (Phi) is 4.69. The molecule has 1 heterocycles. The van der Waals surface area contributed by atoms with Crippen LogP contribution in [0.15, 0.2) is 0 Å². The minimum atomic E-state index is -0.365. The molecule has 17 heavy (non-hydrogen) atoms. The number of ether oxygens (including phenoxy) is 1. The van der Waals surface area contributed by atoms with Crippen LogP contribution in [0.5, 0.6) is 0 Å². The molecule has 98 valence electrons. The summed E-state index contributed by atoms with van der Waals surface area (Å²) in [4.78, 5) is 14.3. The Morgan fingerprint density at radius 2 is 2.24 bits per heavy atom. The predicted molar refractivity (Wildman–Crippen MR) is 68.2 cm³/mol. The van der Waals surface area contributed by atoms with Gasteiger partial charge in [0.15, 0.2) is 0 Å². The minimum absolute atomic E-state index is 0.108. The fourth-order valence-electron chi connectivity index (χ4n) is 2.98. The van der Waals surface area contributed by atoms with Gasteiger partial charge in [-0.3, -0.25) is 4.79 Å². The van der Waals surface area contributed by atoms with Crippen LogP contribution >= 0.6 is 11.6 Å². The fourth-order valence-corrected chi connectivity index (χ4v) is 3.11. The third-order valence-corrected chi connectivity index (χ3v) is 4.48. The van der Waals surface area contributed by atoms with E-state index in [4.69, 9.17) is 16.3 Å². The van der Waals surface area contributed by atoms with E-state index in [1.54, 1.807) is 0 Å². The lowest BCUT2D eigenvalue weighted by molar-refractivity contribution is -0.134. The summed E-state index contributed by atoms with van der Waals surface area (Å²) < 4.78 is 5.62. The quantitative estimate of drug-likeness (QED) is 0.713. The van der Waals surface area contributed by atoms with Crippen molar-refractivity contribution in [3.05, 3.63) is 0 Å². The Balaban J connectivity index is 2.09. The first-order valence-corrected chi connectivity index (χ1v) is 7.20. The maximum atomic E-state index is 12.3. The Morgan fingerprint density at radius 1 is 1.47 bits per heavy atom. The van der Waals surface area contributed by atoms with E-state index in [2.05, 4.69) is 0 Å². The van der Waals surface area contributed by atoms with Crippen molar-refractivity contribution in [3.63, 3.8) is 0 Å². The zero-order valence-electron chi connectivity index (χ0n) is 10.5. The van der Waals surface area contributed by atoms with Gasteiger partial charge in [-0.15, -0.1) is 11.6 Å². The molecule has 1 aliphatic carbocycles. The summed E-state index contributed by atoms with van der Waals surface area (Å²) in [5.41, 5.74) is 0. The van der Waals surface area contributed by atoms with Crippen LogP contribution in [0.3, 0.4) is 0 Å². The van der Waals surface area contributed by atoms with Crippen LogP contribution < -0.4 is 0 Å². The number of alkyl halides is 1. The summed E-state index contributed by atoms with van der Waals surface area (Å²) in [5.74, 6) is 0.632. The van der Waals surface area contributed by atoms with Crippen LogP contribution in [-0.4, -0.2) is 42.0 Å². The van der Waals surface area contributed by atoms with Crippen LogP contribution in [-0.2, 0) is 9.53 Å². The Bertz CT molecular complexity index is 272. The third kappa shape index (κ3) is 2.94. The van der Waals surface area contributed by atoms with E-state index in [0.29, 0.717) is 31.5 Å². The molecule has 0 aromatic carbocycles. The maximum absolute atomic E-state index is 12.3. The molecule has 0 aromatic heterocycles. The van der Waals surface area contributed by atoms with Crippen molar-refractivity contribution in [2.24, 2.45) is 5.92 Å². The highest BCUT2D eigenvalue weighted by Gasteiger charge is 2.36. The molecular formula is C13H22ClNO2. The first kappa shape index (κ1) is 13.2. The van der Waals surface area contributed by atoms with Gasteiger partial charge < -0.3 is 9.64 Å². The van der Waals surface area contributed by atoms with Crippen LogP contribution in [0.4, 0.5) is 0 Å². The lowest BCUT2D eigenvalue weighted by Crippen LogP contribution is -2.48. The van der Waals surface area contributed by atoms with Gasteiger partial charge >= 0.3 is 0 Å². The van der Waals surface area contributed by atoms with Crippen LogP contribution in [0.25, 0.3) is 0 Å². The van der Waals surface area contributed by atoms with Gasteiger partial charge in [0.2, 0.25) is 5.91 Å². The van der Waals surface area contributed by atoms with Crippen molar-refractivity contribution < 1.29 is 9.53 Å². The maximum Gasteiger partial charge on any atom is 0.240 e. The summed E-state index contributed by atoms with van der Waals surface area (Å²) in [6.07, 6.45) is 5.50. The average molecular weight is 260 g/mol. The Hall–Kier alpha value is -0.280. The number of halogens is 1. The second-order valence-corrected chi connectivity index (χ2v) is 5.62. The van der Waals surface area contributed by atoms with Gasteiger partial charge in [-0.25, -0.2) is 0 Å². The number of hydrogen-bond acceptors (Lipinski definition) is 2. The van der Waals surface area contributed by atoms with Crippen LogP contribution in [0, 0.1) is 5.92 Å². The van der Waals surface area contributed by atoms with E-state index in [-0.39, 0.29) is 11.3 Å². The molecule has 0 bridgehead atoms. The normalized spacial score (nSPS) is 31.5. The lowest BCUT2D eigenvalue weighted by atomic mass is 9.84. The van der Waals surface area contributed by atoms with Gasteiger partial charge in [-0.1, -0.05) is 19.8 Å². The van der Waals surface area contributed by atoms with Crippen LogP contribution in [0.2, 0.25) is 0 Å². The van der Waals surface area contributed by atoms with Crippen molar-refractivity contribution in [1.29, 1.82) is 0 Å². The monoisotopic (exact) mass is 259 g/mol. The molecule has 0 radical (unpaired) electrons. The van der Waals surface area contributed by atoms with E-state index in [1.807, 2.05) is 11.8 Å². The van der Waals surface area contributed by atoms with Crippen molar-refractivity contribution in [3.8, 4) is 0 Å². The smallest absolute Gasteiger partial charge is 0.240 e. The summed E-state index contributed by atoms with van der Waals surface area (Å²) in [6.45, 7) is 4.14. The molecule has 1 amide bonds. The first-order chi connectivity index (χ1) is 8.24. The van der Waals surface area contributed by atoms with Gasteiger partial charge in [-0.05, 0) is 19.3 Å². The minimum Gasteiger partial charge on any atom is -0.379 e. The zero-order chi connectivity index (χ0) is 12.3. The highest BCUT2D eigenvalue weighted by Crippen LogP contribution is 2.31. The van der Waals surface area contributed by atoms with Crippen molar-refractivity contribution in [1.82, 2.24) is 4.90 Å². The Morgan fingerprint density at radius 3 is 3.00 bits per heavy atom. The molecule has 2 aliphatic rings. The van der Waals surface area contributed by atoms with E-state index in [0.717, 1.165) is 13.0 Å². The highest BCUT2D eigenvalue weighted by atomic mass is 35.5. The SMILES string of the molecule is CC[C@H](Cl)C(=O)N1CCOC[C@@H]2CCCC[C@@H]21. The molecule has 1 aliphatic heterocycles. The molecule has 3 atom stereocenters. The molecule has 0 N–H and O–H groups in total. The molecule has 1 saturated heterocycles. The van der Waals surface area contributed by atoms with Gasteiger partial charge in [-0.2, -0.15) is 0 Å². The summed E-state index contributed by atoms with van der Waals surface area (Å²) in [6, 6.07) is 0.367. The molecule has 0 unspecified atom stereocenters. The van der Waals surface area contributed by atoms with Gasteiger partial charge in [0.25, 0.3) is 0 Å². The second-order valence-electron chi connectivity index (χ2n) is 5.09. The largest absolute Gasteiger partial charge is 0.379 e. The fraction of sp³-hybridized carbons (Fsp3) is 0.923. The summed E-state index contributed by atoms with van der Waals surface area (Å²) in [7, 11) is 0. The summed E-state index contributed by atoms with van der Waals surface area (Å²) in [5, 5.41) is -0.365. The van der Waals surface area contributed by atoms with E-state index in [1.165, 1.54) is 19.3 Å². The lowest BCUT2D eigenvalue weighted by Gasteiger charge is -2.38. The molecule has 1 saturated carbocycles. The highest BCUT2D eigenvalue weighted by molar-refractivity contribution is 6.30. The molecular weight excluding hydrogens is 238 g/mol. The van der Waals surface area contributed by atoms with E-state index in [9.17, 15) is 4.79 Å². The second kappa shape index (κ2) is 6.05. The van der Waals surface area contributed by atoms with Gasteiger partial charge in [0, 0.05) is 18.5 Å². The topological polar surface area (TPSA) is 29.5 Å². The van der Waals surface area contributed by atoms with E-state index >= 15 is 0 Å². The first-order valence-electron chi connectivity index (χ1n) is 6.76. The van der Waals surface area contributed by atoms with E-state index < -0.39 is 0 Å². The van der Waals surface area contributed by atoms with Crippen molar-refractivity contribution in [2.45, 2.75) is 50.4 Å². The van der Waals surface area contributed by atoms with Gasteiger partial charge in [0.05, 0.1) is 13.2 Å². The third-order valence-electron chi connectivity index (χ3n) is 3.99. The van der Waals surface area contributed by atoms with Crippen LogP contribution in [0.1, 0.15) is 39.0 Å². The predicted octanol–water partition coefficient (Wildman–Crippen LogP) is 2.42. The number of amides is 1. The zero-order valence-corrected chi connectivity index (χ0v) is 11.3. The molecule has 2 fully saturated rings. The standard InChI is InChI=1S/C13H22ClNO2/c1-2-11(14)13(16)15-7-8-17-9-10-5-3-4-6-12(10)15/h10-12H,2-9H2,1H3/t10-,11-,12-/m0/s1.